The van der Waals surface area contributed by atoms with Crippen LogP contribution in [-0.2, 0) is 17.8 Å². The van der Waals surface area contributed by atoms with E-state index in [9.17, 15) is 13.6 Å². The maximum Gasteiger partial charge on any atom is 0.161 e. The van der Waals surface area contributed by atoms with E-state index in [0.717, 1.165) is 50.1 Å². The fourth-order valence-electron chi connectivity index (χ4n) is 4.70. The largest absolute Gasteiger partial charge is 0.361 e. The van der Waals surface area contributed by atoms with Crippen LogP contribution in [0.3, 0.4) is 0 Å². The molecule has 2 aromatic carbocycles. The lowest BCUT2D eigenvalue weighted by Gasteiger charge is -2.31. The molecule has 0 bridgehead atoms. The number of aryl methyl sites for hydroxylation is 2. The molecule has 0 saturated carbocycles. The van der Waals surface area contributed by atoms with Crippen LogP contribution in [0.1, 0.15) is 36.2 Å². The quantitative estimate of drug-likeness (QED) is 0.445. The first-order valence-electron chi connectivity index (χ1n) is 11.1. The number of likely N-dealkylation sites (tertiary alicyclic amines) is 1. The summed E-state index contributed by atoms with van der Waals surface area (Å²) in [4.78, 5) is 25.8. The van der Waals surface area contributed by atoms with Crippen LogP contribution in [-0.4, -0.2) is 38.7 Å². The van der Waals surface area contributed by atoms with Crippen LogP contribution in [0.25, 0.3) is 21.9 Å². The number of carbonyl (C=O) groups excluding carboxylic acids is 1. The molecule has 3 heterocycles. The molecule has 0 spiro atoms. The summed E-state index contributed by atoms with van der Waals surface area (Å²) in [5, 5.41) is 1.27. The molecule has 1 aliphatic heterocycles. The highest BCUT2D eigenvalue weighted by Crippen LogP contribution is 2.25. The molecule has 1 saturated heterocycles. The van der Waals surface area contributed by atoms with Crippen molar-refractivity contribution in [2.75, 3.05) is 13.1 Å². The number of aromatic nitrogens is 3. The first-order chi connectivity index (χ1) is 15.5. The van der Waals surface area contributed by atoms with Gasteiger partial charge in [0.2, 0.25) is 0 Å². The standard InChI is InChI=1S/C25H26F2N4O/c1-15-2-3-21-18(10-15)17(13-28-21)14-31-8-6-16(7-9-31)24(32)4-5-25-29-22-11-19(26)20(27)12-23(22)30-25/h2-3,10-13,16,28H,4-9,14H2,1H3,(H,29,30). The van der Waals surface area contributed by atoms with Gasteiger partial charge in [-0.05, 0) is 50.6 Å². The minimum atomic E-state index is -0.916. The molecule has 2 aromatic heterocycles. The summed E-state index contributed by atoms with van der Waals surface area (Å²) in [5.41, 5.74) is 4.54. The maximum atomic E-state index is 13.4. The SMILES string of the molecule is Cc1ccc2[nH]cc(CN3CCC(C(=O)CCc4nc5cc(F)c(F)cc5[nH]4)CC3)c2c1. The molecule has 0 unspecified atom stereocenters. The molecule has 0 radical (unpaired) electrons. The predicted octanol–water partition coefficient (Wildman–Crippen LogP) is 5.04. The first-order valence-corrected chi connectivity index (χ1v) is 11.1. The van der Waals surface area contributed by atoms with Gasteiger partial charge in [0, 0.05) is 54.5 Å². The molecule has 1 fully saturated rings. The lowest BCUT2D eigenvalue weighted by molar-refractivity contribution is -0.124. The number of carbonyl (C=O) groups is 1. The number of halogens is 2. The molecular weight excluding hydrogens is 410 g/mol. The van der Waals surface area contributed by atoms with E-state index in [1.807, 2.05) is 0 Å². The summed E-state index contributed by atoms with van der Waals surface area (Å²) in [6.45, 7) is 4.79. The van der Waals surface area contributed by atoms with Crippen molar-refractivity contribution in [2.45, 2.75) is 39.2 Å². The van der Waals surface area contributed by atoms with Crippen molar-refractivity contribution in [2.24, 2.45) is 5.92 Å². The summed E-state index contributed by atoms with van der Waals surface area (Å²) < 4.78 is 26.7. The monoisotopic (exact) mass is 436 g/mol. The van der Waals surface area contributed by atoms with Crippen molar-refractivity contribution in [1.29, 1.82) is 0 Å². The molecule has 2 N–H and O–H groups in total. The number of hydrogen-bond donors (Lipinski definition) is 2. The molecule has 0 amide bonds. The molecule has 7 heteroatoms. The van der Waals surface area contributed by atoms with Crippen LogP contribution in [0.2, 0.25) is 0 Å². The Balaban J connectivity index is 1.15. The van der Waals surface area contributed by atoms with Crippen LogP contribution < -0.4 is 0 Å². The van der Waals surface area contributed by atoms with Crippen molar-refractivity contribution in [1.82, 2.24) is 19.9 Å². The van der Waals surface area contributed by atoms with Gasteiger partial charge in [-0.3, -0.25) is 9.69 Å². The number of benzene rings is 2. The molecule has 1 aliphatic rings. The number of ketones is 1. The Hall–Kier alpha value is -3.06. The summed E-state index contributed by atoms with van der Waals surface area (Å²) in [6, 6.07) is 8.64. The number of H-pyrrole nitrogens is 2. The van der Waals surface area contributed by atoms with Crippen molar-refractivity contribution in [3.8, 4) is 0 Å². The Kier molecular flexibility index (Phi) is 5.51. The molecule has 5 rings (SSSR count). The van der Waals surface area contributed by atoms with Gasteiger partial charge in [0.25, 0.3) is 0 Å². The highest BCUT2D eigenvalue weighted by Gasteiger charge is 2.25. The van der Waals surface area contributed by atoms with E-state index in [1.165, 1.54) is 16.5 Å². The number of rotatable bonds is 6. The molecule has 0 atom stereocenters. The van der Waals surface area contributed by atoms with Crippen molar-refractivity contribution >= 4 is 27.7 Å². The normalized spacial score (nSPS) is 15.7. The summed E-state index contributed by atoms with van der Waals surface area (Å²) in [5.74, 6) is -0.925. The second kappa shape index (κ2) is 8.47. The van der Waals surface area contributed by atoms with E-state index in [4.69, 9.17) is 0 Å². The zero-order valence-corrected chi connectivity index (χ0v) is 18.0. The Morgan fingerprint density at radius 3 is 2.72 bits per heavy atom. The van der Waals surface area contributed by atoms with Gasteiger partial charge in [0.1, 0.15) is 11.6 Å². The van der Waals surface area contributed by atoms with Gasteiger partial charge in [-0.15, -0.1) is 0 Å². The van der Waals surface area contributed by atoms with E-state index in [1.54, 1.807) is 0 Å². The molecule has 0 aliphatic carbocycles. The minimum absolute atomic E-state index is 0.0655. The maximum absolute atomic E-state index is 13.4. The third-order valence-electron chi connectivity index (χ3n) is 6.54. The predicted molar refractivity (Wildman–Crippen MR) is 120 cm³/mol. The number of nitrogens with zero attached hydrogens (tertiary/aromatic N) is 2. The lowest BCUT2D eigenvalue weighted by atomic mass is 9.90. The van der Waals surface area contributed by atoms with Crippen LogP contribution in [0.4, 0.5) is 8.78 Å². The number of aromatic amines is 2. The zero-order valence-electron chi connectivity index (χ0n) is 18.0. The third kappa shape index (κ3) is 4.17. The summed E-state index contributed by atoms with van der Waals surface area (Å²) >= 11 is 0. The number of imidazole rings is 1. The summed E-state index contributed by atoms with van der Waals surface area (Å²) in [6.07, 6.45) is 4.64. The van der Waals surface area contributed by atoms with Gasteiger partial charge >= 0.3 is 0 Å². The fourth-order valence-corrected chi connectivity index (χ4v) is 4.70. The van der Waals surface area contributed by atoms with E-state index >= 15 is 0 Å². The van der Waals surface area contributed by atoms with E-state index in [0.29, 0.717) is 29.7 Å². The van der Waals surface area contributed by atoms with Crippen molar-refractivity contribution < 1.29 is 13.6 Å². The fraction of sp³-hybridized carbons (Fsp3) is 0.360. The van der Waals surface area contributed by atoms with E-state index in [2.05, 4.69) is 51.2 Å². The second-order valence-electron chi connectivity index (χ2n) is 8.85. The Bertz CT molecular complexity index is 1250. The Morgan fingerprint density at radius 2 is 1.91 bits per heavy atom. The van der Waals surface area contributed by atoms with Gasteiger partial charge in [0.15, 0.2) is 11.6 Å². The Morgan fingerprint density at radius 1 is 1.12 bits per heavy atom. The average molecular weight is 437 g/mol. The van der Waals surface area contributed by atoms with Gasteiger partial charge in [-0.25, -0.2) is 13.8 Å². The summed E-state index contributed by atoms with van der Waals surface area (Å²) in [7, 11) is 0. The van der Waals surface area contributed by atoms with Crippen LogP contribution in [0.15, 0.2) is 36.5 Å². The molecule has 166 valence electrons. The molecule has 32 heavy (non-hydrogen) atoms. The number of fused-ring (bicyclic) bond motifs is 2. The van der Waals surface area contributed by atoms with E-state index in [-0.39, 0.29) is 11.7 Å². The third-order valence-corrected chi connectivity index (χ3v) is 6.54. The van der Waals surface area contributed by atoms with Crippen LogP contribution >= 0.6 is 0 Å². The smallest absolute Gasteiger partial charge is 0.161 e. The van der Waals surface area contributed by atoms with Gasteiger partial charge < -0.3 is 9.97 Å². The topological polar surface area (TPSA) is 64.8 Å². The number of piperidine rings is 1. The number of nitrogens with one attached hydrogen (secondary N) is 2. The second-order valence-corrected chi connectivity index (χ2v) is 8.85. The molecule has 4 aromatic rings. The van der Waals surface area contributed by atoms with E-state index < -0.39 is 11.6 Å². The van der Waals surface area contributed by atoms with Gasteiger partial charge in [-0.2, -0.15) is 0 Å². The van der Waals surface area contributed by atoms with Gasteiger partial charge in [-0.1, -0.05) is 11.6 Å². The average Bonchev–Trinajstić information content (AvgIpc) is 3.36. The molecule has 5 nitrogen and oxygen atoms in total. The Labute approximate surface area is 184 Å². The van der Waals surface area contributed by atoms with Crippen molar-refractivity contribution in [3.05, 3.63) is 65.1 Å². The zero-order chi connectivity index (χ0) is 22.2. The molecular formula is C25H26F2N4O. The highest BCUT2D eigenvalue weighted by molar-refractivity contribution is 5.84. The number of hydrogen-bond acceptors (Lipinski definition) is 3. The highest BCUT2D eigenvalue weighted by atomic mass is 19.2. The first kappa shape index (κ1) is 20.8. The van der Waals surface area contributed by atoms with Crippen LogP contribution in [0, 0.1) is 24.5 Å². The number of Topliss-reactive ketones (excluding diaryl/α,β-unsaturated/α-hetero) is 1. The van der Waals surface area contributed by atoms with Crippen LogP contribution in [0.5, 0.6) is 0 Å². The van der Waals surface area contributed by atoms with Gasteiger partial charge in [0.05, 0.1) is 11.0 Å². The lowest BCUT2D eigenvalue weighted by Crippen LogP contribution is -2.36. The minimum Gasteiger partial charge on any atom is -0.361 e. The van der Waals surface area contributed by atoms with Crippen molar-refractivity contribution in [3.63, 3.8) is 0 Å².